The van der Waals surface area contributed by atoms with Gasteiger partial charge >= 0.3 is 5.97 Å². The molecule has 0 saturated heterocycles. The quantitative estimate of drug-likeness (QED) is 0.619. The molecule has 0 unspecified atom stereocenters. The van der Waals surface area contributed by atoms with Gasteiger partial charge in [0.05, 0.1) is 12.1 Å². The summed E-state index contributed by atoms with van der Waals surface area (Å²) in [5.41, 5.74) is 1.73. The van der Waals surface area contributed by atoms with Crippen molar-refractivity contribution in [2.45, 2.75) is 0 Å². The molecule has 3 N–H and O–H groups in total. The molecule has 7 nitrogen and oxygen atoms in total. The molecule has 0 atom stereocenters. The monoisotopic (exact) mass is 243 g/mol. The van der Waals surface area contributed by atoms with Crippen LogP contribution >= 0.6 is 11.3 Å². The Morgan fingerprint density at radius 1 is 1.31 bits per heavy atom. The van der Waals surface area contributed by atoms with E-state index in [1.807, 2.05) is 0 Å². The lowest BCUT2D eigenvalue weighted by molar-refractivity contribution is -0.137. The molecule has 0 aliphatic heterocycles. The van der Waals surface area contributed by atoms with E-state index in [1.54, 1.807) is 5.38 Å². The Hall–Kier alpha value is -1.96. The van der Waals surface area contributed by atoms with Crippen LogP contribution in [0.25, 0.3) is 0 Å². The first kappa shape index (κ1) is 12.1. The molecule has 2 amide bonds. The summed E-state index contributed by atoms with van der Waals surface area (Å²) in [7, 11) is 0. The summed E-state index contributed by atoms with van der Waals surface area (Å²) < 4.78 is 0. The molecular formula is C8H9N3O4S. The highest BCUT2D eigenvalue weighted by atomic mass is 32.1. The Morgan fingerprint density at radius 2 is 2.06 bits per heavy atom. The van der Waals surface area contributed by atoms with E-state index in [0.717, 1.165) is 0 Å². The zero-order valence-corrected chi connectivity index (χ0v) is 8.91. The SMILES string of the molecule is O=C(O)CNC(=O)CNC(=O)c1cscn1. The number of nitrogens with one attached hydrogen (secondary N) is 2. The van der Waals surface area contributed by atoms with Gasteiger partial charge in [-0.05, 0) is 0 Å². The number of carboxylic acids is 1. The maximum absolute atomic E-state index is 11.3. The van der Waals surface area contributed by atoms with Crippen molar-refractivity contribution < 1.29 is 19.5 Å². The second-order valence-corrected chi connectivity index (χ2v) is 3.45. The standard InChI is InChI=1S/C8H9N3O4S/c12-6(9-2-7(13)14)1-10-8(15)5-3-16-4-11-5/h3-4H,1-2H2,(H,9,12)(H,10,15)(H,13,14). The van der Waals surface area contributed by atoms with Crippen LogP contribution < -0.4 is 10.6 Å². The van der Waals surface area contributed by atoms with Crippen molar-refractivity contribution in [2.75, 3.05) is 13.1 Å². The van der Waals surface area contributed by atoms with Crippen molar-refractivity contribution in [2.24, 2.45) is 0 Å². The zero-order chi connectivity index (χ0) is 12.0. The third kappa shape index (κ3) is 4.05. The van der Waals surface area contributed by atoms with E-state index in [9.17, 15) is 14.4 Å². The van der Waals surface area contributed by atoms with Crippen LogP contribution in [0.15, 0.2) is 10.9 Å². The molecule has 0 spiro atoms. The minimum absolute atomic E-state index is 0.232. The summed E-state index contributed by atoms with van der Waals surface area (Å²) in [4.78, 5) is 36.2. The number of thiazole rings is 1. The van der Waals surface area contributed by atoms with E-state index < -0.39 is 24.3 Å². The molecule has 8 heteroatoms. The summed E-state index contributed by atoms with van der Waals surface area (Å²) in [6.45, 7) is -0.741. The molecule has 1 heterocycles. The number of carbonyl (C=O) groups excluding carboxylic acids is 2. The molecule has 0 aliphatic rings. The molecule has 16 heavy (non-hydrogen) atoms. The Bertz CT molecular complexity index is 390. The average Bonchev–Trinajstić information content (AvgIpc) is 2.76. The van der Waals surface area contributed by atoms with Crippen LogP contribution in [0.1, 0.15) is 10.5 Å². The van der Waals surface area contributed by atoms with Crippen molar-refractivity contribution >= 4 is 29.1 Å². The van der Waals surface area contributed by atoms with Crippen LogP contribution in [-0.4, -0.2) is 41.0 Å². The van der Waals surface area contributed by atoms with Gasteiger partial charge in [-0.1, -0.05) is 0 Å². The van der Waals surface area contributed by atoms with Crippen LogP contribution in [0.3, 0.4) is 0 Å². The fourth-order valence-corrected chi connectivity index (χ4v) is 1.34. The van der Waals surface area contributed by atoms with Gasteiger partial charge in [0.15, 0.2) is 0 Å². The minimum Gasteiger partial charge on any atom is -0.480 e. The van der Waals surface area contributed by atoms with Gasteiger partial charge < -0.3 is 15.7 Å². The summed E-state index contributed by atoms with van der Waals surface area (Å²) in [5.74, 6) is -2.17. The molecular weight excluding hydrogens is 234 g/mol. The third-order valence-corrected chi connectivity index (χ3v) is 2.10. The number of aliphatic carboxylic acids is 1. The largest absolute Gasteiger partial charge is 0.480 e. The number of nitrogens with zero attached hydrogens (tertiary/aromatic N) is 1. The molecule has 0 bridgehead atoms. The lowest BCUT2D eigenvalue weighted by Gasteiger charge is -2.03. The highest BCUT2D eigenvalue weighted by Crippen LogP contribution is 1.99. The smallest absolute Gasteiger partial charge is 0.322 e. The maximum atomic E-state index is 11.3. The van der Waals surface area contributed by atoms with Crippen molar-refractivity contribution in [3.05, 3.63) is 16.6 Å². The van der Waals surface area contributed by atoms with Crippen molar-refractivity contribution in [3.63, 3.8) is 0 Å². The number of hydrogen-bond acceptors (Lipinski definition) is 5. The van der Waals surface area contributed by atoms with Crippen molar-refractivity contribution in [1.29, 1.82) is 0 Å². The van der Waals surface area contributed by atoms with Crippen molar-refractivity contribution in [1.82, 2.24) is 15.6 Å². The summed E-state index contributed by atoms with van der Waals surface area (Å²) >= 11 is 1.27. The average molecular weight is 243 g/mol. The van der Waals surface area contributed by atoms with Crippen LogP contribution in [0.4, 0.5) is 0 Å². The maximum Gasteiger partial charge on any atom is 0.322 e. The van der Waals surface area contributed by atoms with Crippen molar-refractivity contribution in [3.8, 4) is 0 Å². The Morgan fingerprint density at radius 3 is 2.62 bits per heavy atom. The second-order valence-electron chi connectivity index (χ2n) is 2.73. The highest BCUT2D eigenvalue weighted by molar-refractivity contribution is 7.07. The van der Waals surface area contributed by atoms with Crippen LogP contribution in [0.5, 0.6) is 0 Å². The van der Waals surface area contributed by atoms with Gasteiger partial charge in [0.25, 0.3) is 5.91 Å². The predicted molar refractivity (Wildman–Crippen MR) is 55.1 cm³/mol. The molecule has 1 aromatic heterocycles. The Balaban J connectivity index is 2.27. The van der Waals surface area contributed by atoms with Gasteiger partial charge in [0, 0.05) is 5.38 Å². The van der Waals surface area contributed by atoms with Gasteiger partial charge in [-0.25, -0.2) is 4.98 Å². The highest BCUT2D eigenvalue weighted by Gasteiger charge is 2.09. The summed E-state index contributed by atoms with van der Waals surface area (Å²) in [6.07, 6.45) is 0. The lowest BCUT2D eigenvalue weighted by atomic mass is 10.4. The van der Waals surface area contributed by atoms with E-state index >= 15 is 0 Å². The van der Waals surface area contributed by atoms with E-state index in [1.165, 1.54) is 16.8 Å². The summed E-state index contributed by atoms with van der Waals surface area (Å²) in [6, 6.07) is 0. The molecule has 86 valence electrons. The summed E-state index contributed by atoms with van der Waals surface area (Å²) in [5, 5.41) is 14.2. The molecule has 0 aromatic carbocycles. The van der Waals surface area contributed by atoms with Crippen LogP contribution in [0.2, 0.25) is 0 Å². The fourth-order valence-electron chi connectivity index (χ4n) is 0.812. The first-order chi connectivity index (χ1) is 7.59. The fraction of sp³-hybridized carbons (Fsp3) is 0.250. The van der Waals surface area contributed by atoms with E-state index in [4.69, 9.17) is 5.11 Å². The van der Waals surface area contributed by atoms with Crippen LogP contribution in [0, 0.1) is 0 Å². The Labute approximate surface area is 94.5 Å². The Kier molecular flexibility index (Phi) is 4.40. The minimum atomic E-state index is -1.14. The number of rotatable bonds is 5. The van der Waals surface area contributed by atoms with E-state index in [-0.39, 0.29) is 12.2 Å². The first-order valence-corrected chi connectivity index (χ1v) is 5.18. The predicted octanol–water partition coefficient (Wildman–Crippen LogP) is -0.926. The molecule has 0 aliphatic carbocycles. The van der Waals surface area contributed by atoms with Gasteiger partial charge in [-0.2, -0.15) is 0 Å². The molecule has 0 fully saturated rings. The molecule has 1 rings (SSSR count). The van der Waals surface area contributed by atoms with Crippen LogP contribution in [-0.2, 0) is 9.59 Å². The van der Waals surface area contributed by atoms with Gasteiger partial charge in [0.2, 0.25) is 5.91 Å². The number of aromatic nitrogens is 1. The van der Waals surface area contributed by atoms with E-state index in [0.29, 0.717) is 0 Å². The number of hydrogen-bond donors (Lipinski definition) is 3. The van der Waals surface area contributed by atoms with E-state index in [2.05, 4.69) is 15.6 Å². The molecule has 1 aromatic rings. The molecule has 0 saturated carbocycles. The number of amides is 2. The molecule has 0 radical (unpaired) electrons. The lowest BCUT2D eigenvalue weighted by Crippen LogP contribution is -2.39. The topological polar surface area (TPSA) is 108 Å². The number of carboxylic acid groups (broad SMARTS) is 1. The normalized spacial score (nSPS) is 9.50. The van der Waals surface area contributed by atoms with Gasteiger partial charge in [0.1, 0.15) is 12.2 Å². The zero-order valence-electron chi connectivity index (χ0n) is 8.10. The second kappa shape index (κ2) is 5.81. The number of carbonyl (C=O) groups is 3. The third-order valence-electron chi connectivity index (χ3n) is 1.51. The first-order valence-electron chi connectivity index (χ1n) is 4.24. The van der Waals surface area contributed by atoms with Gasteiger partial charge in [-0.15, -0.1) is 11.3 Å². The van der Waals surface area contributed by atoms with Gasteiger partial charge in [-0.3, -0.25) is 14.4 Å².